The van der Waals surface area contributed by atoms with Crippen molar-refractivity contribution < 1.29 is 9.47 Å². The van der Waals surface area contributed by atoms with E-state index in [0.717, 1.165) is 25.1 Å². The van der Waals surface area contributed by atoms with Gasteiger partial charge in [0.2, 0.25) is 0 Å². The summed E-state index contributed by atoms with van der Waals surface area (Å²) in [6.07, 6.45) is 2.02. The molecule has 0 fully saturated rings. The summed E-state index contributed by atoms with van der Waals surface area (Å²) in [6.45, 7) is 7.39. The van der Waals surface area contributed by atoms with E-state index in [2.05, 4.69) is 38.2 Å². The Morgan fingerprint density at radius 1 is 1.21 bits per heavy atom. The van der Waals surface area contributed by atoms with E-state index in [0.29, 0.717) is 0 Å². The first-order chi connectivity index (χ1) is 9.04. The average Bonchev–Trinajstić information content (AvgIpc) is 2.43. The van der Waals surface area contributed by atoms with E-state index in [9.17, 15) is 0 Å². The Kier molecular flexibility index (Phi) is 6.32. The Balaban J connectivity index is 2.95. The Bertz CT molecular complexity index is 377. The lowest BCUT2D eigenvalue weighted by Crippen LogP contribution is -2.32. The fourth-order valence-electron chi connectivity index (χ4n) is 2.14. The summed E-state index contributed by atoms with van der Waals surface area (Å²) >= 11 is 0. The Morgan fingerprint density at radius 2 is 1.89 bits per heavy atom. The van der Waals surface area contributed by atoms with Gasteiger partial charge in [-0.05, 0) is 39.3 Å². The van der Waals surface area contributed by atoms with Crippen LogP contribution in [0.2, 0.25) is 0 Å². The van der Waals surface area contributed by atoms with Crippen molar-refractivity contribution in [1.82, 2.24) is 5.32 Å². The zero-order valence-electron chi connectivity index (χ0n) is 12.8. The van der Waals surface area contributed by atoms with Gasteiger partial charge >= 0.3 is 0 Å². The summed E-state index contributed by atoms with van der Waals surface area (Å²) in [4.78, 5) is 0. The van der Waals surface area contributed by atoms with Crippen molar-refractivity contribution in [2.45, 2.75) is 45.3 Å². The van der Waals surface area contributed by atoms with Crippen LogP contribution in [0.1, 0.15) is 45.2 Å². The number of ether oxygens (including phenoxy) is 2. The molecule has 1 atom stereocenters. The van der Waals surface area contributed by atoms with Crippen LogP contribution in [0, 0.1) is 0 Å². The number of para-hydroxylation sites is 1. The maximum atomic E-state index is 5.56. The van der Waals surface area contributed by atoms with Crippen LogP contribution in [0.3, 0.4) is 0 Å². The number of nitrogens with one attached hydrogen (secondary N) is 1. The van der Waals surface area contributed by atoms with Crippen LogP contribution in [0.5, 0.6) is 5.75 Å². The van der Waals surface area contributed by atoms with Gasteiger partial charge in [-0.2, -0.15) is 0 Å². The molecule has 1 N–H and O–H groups in total. The Hall–Kier alpha value is -1.06. The summed E-state index contributed by atoms with van der Waals surface area (Å²) < 4.78 is 11.0. The van der Waals surface area contributed by atoms with Gasteiger partial charge in [-0.25, -0.2) is 0 Å². The van der Waals surface area contributed by atoms with Crippen molar-refractivity contribution in [2.75, 3.05) is 20.8 Å². The number of methoxy groups -OCH3 is 2. The van der Waals surface area contributed by atoms with E-state index < -0.39 is 0 Å². The summed E-state index contributed by atoms with van der Waals surface area (Å²) in [6, 6.07) is 8.43. The minimum absolute atomic E-state index is 0.160. The highest BCUT2D eigenvalue weighted by Crippen LogP contribution is 2.31. The number of hydrogen-bond acceptors (Lipinski definition) is 3. The summed E-state index contributed by atoms with van der Waals surface area (Å²) in [5.41, 5.74) is 1.04. The SMILES string of the molecule is CCCNC(CC(C)(C)OC)c1ccccc1OC. The lowest BCUT2D eigenvalue weighted by molar-refractivity contribution is 0.00668. The van der Waals surface area contributed by atoms with Gasteiger partial charge in [-0.15, -0.1) is 0 Å². The van der Waals surface area contributed by atoms with Gasteiger partial charge in [0.1, 0.15) is 5.75 Å². The van der Waals surface area contributed by atoms with Crippen LogP contribution >= 0.6 is 0 Å². The molecule has 1 unspecified atom stereocenters. The molecule has 0 aliphatic heterocycles. The van der Waals surface area contributed by atoms with E-state index in [-0.39, 0.29) is 11.6 Å². The molecular weight excluding hydrogens is 238 g/mol. The second-order valence-electron chi connectivity index (χ2n) is 5.42. The monoisotopic (exact) mass is 265 g/mol. The van der Waals surface area contributed by atoms with Crippen molar-refractivity contribution in [2.24, 2.45) is 0 Å². The van der Waals surface area contributed by atoms with Crippen LogP contribution < -0.4 is 10.1 Å². The molecule has 0 radical (unpaired) electrons. The van der Waals surface area contributed by atoms with Crippen LogP contribution in [0.15, 0.2) is 24.3 Å². The van der Waals surface area contributed by atoms with Gasteiger partial charge in [0, 0.05) is 18.7 Å². The molecule has 0 heterocycles. The molecule has 108 valence electrons. The normalized spacial score (nSPS) is 13.3. The van der Waals surface area contributed by atoms with E-state index >= 15 is 0 Å². The molecule has 0 saturated carbocycles. The van der Waals surface area contributed by atoms with Gasteiger partial charge in [-0.1, -0.05) is 25.1 Å². The smallest absolute Gasteiger partial charge is 0.123 e. The fraction of sp³-hybridized carbons (Fsp3) is 0.625. The first-order valence-corrected chi connectivity index (χ1v) is 6.95. The molecule has 0 amide bonds. The molecule has 1 rings (SSSR count). The highest BCUT2D eigenvalue weighted by atomic mass is 16.5. The third-order valence-corrected chi connectivity index (χ3v) is 3.40. The number of hydrogen-bond donors (Lipinski definition) is 1. The van der Waals surface area contributed by atoms with Crippen molar-refractivity contribution >= 4 is 0 Å². The number of benzene rings is 1. The minimum atomic E-state index is -0.160. The predicted molar refractivity (Wildman–Crippen MR) is 79.7 cm³/mol. The second kappa shape index (κ2) is 7.51. The van der Waals surface area contributed by atoms with Crippen molar-refractivity contribution in [3.63, 3.8) is 0 Å². The van der Waals surface area contributed by atoms with Gasteiger partial charge < -0.3 is 14.8 Å². The Labute approximate surface area is 117 Å². The molecule has 1 aromatic rings. The molecule has 0 aromatic heterocycles. The van der Waals surface area contributed by atoms with E-state index in [1.165, 1.54) is 5.56 Å². The topological polar surface area (TPSA) is 30.5 Å². The van der Waals surface area contributed by atoms with E-state index in [1.54, 1.807) is 14.2 Å². The molecule has 19 heavy (non-hydrogen) atoms. The lowest BCUT2D eigenvalue weighted by Gasteiger charge is -2.30. The van der Waals surface area contributed by atoms with E-state index in [1.807, 2.05) is 12.1 Å². The van der Waals surface area contributed by atoms with Crippen LogP contribution in [-0.2, 0) is 4.74 Å². The molecule has 0 saturated heterocycles. The highest BCUT2D eigenvalue weighted by Gasteiger charge is 2.25. The molecule has 0 spiro atoms. The van der Waals surface area contributed by atoms with Gasteiger partial charge in [0.15, 0.2) is 0 Å². The summed E-state index contributed by atoms with van der Waals surface area (Å²) in [7, 11) is 3.48. The predicted octanol–water partition coefficient (Wildman–Crippen LogP) is 3.55. The number of rotatable bonds is 8. The van der Waals surface area contributed by atoms with Gasteiger partial charge in [-0.3, -0.25) is 0 Å². The fourth-order valence-corrected chi connectivity index (χ4v) is 2.14. The van der Waals surface area contributed by atoms with E-state index in [4.69, 9.17) is 9.47 Å². The molecular formula is C16H27NO2. The summed E-state index contributed by atoms with van der Waals surface area (Å²) in [5, 5.41) is 3.59. The second-order valence-corrected chi connectivity index (χ2v) is 5.42. The third-order valence-electron chi connectivity index (χ3n) is 3.40. The maximum Gasteiger partial charge on any atom is 0.123 e. The minimum Gasteiger partial charge on any atom is -0.496 e. The lowest BCUT2D eigenvalue weighted by atomic mass is 9.93. The Morgan fingerprint density at radius 3 is 2.47 bits per heavy atom. The molecule has 0 aliphatic carbocycles. The van der Waals surface area contributed by atoms with Gasteiger partial charge in [0.05, 0.1) is 12.7 Å². The first-order valence-electron chi connectivity index (χ1n) is 6.95. The maximum absolute atomic E-state index is 5.56. The van der Waals surface area contributed by atoms with Crippen LogP contribution in [0.25, 0.3) is 0 Å². The quantitative estimate of drug-likeness (QED) is 0.779. The molecule has 3 heteroatoms. The largest absolute Gasteiger partial charge is 0.496 e. The first kappa shape index (κ1) is 16.0. The third kappa shape index (κ3) is 4.84. The zero-order valence-corrected chi connectivity index (χ0v) is 12.8. The van der Waals surface area contributed by atoms with Gasteiger partial charge in [0.25, 0.3) is 0 Å². The van der Waals surface area contributed by atoms with Crippen LogP contribution in [0.4, 0.5) is 0 Å². The standard InChI is InChI=1S/C16H27NO2/c1-6-11-17-14(12-16(2,3)19-5)13-9-7-8-10-15(13)18-4/h7-10,14,17H,6,11-12H2,1-5H3. The molecule has 0 bridgehead atoms. The molecule has 0 aliphatic rings. The van der Waals surface area contributed by atoms with Crippen molar-refractivity contribution in [3.05, 3.63) is 29.8 Å². The highest BCUT2D eigenvalue weighted by molar-refractivity contribution is 5.36. The zero-order chi connectivity index (χ0) is 14.3. The average molecular weight is 265 g/mol. The van der Waals surface area contributed by atoms with Crippen molar-refractivity contribution in [1.29, 1.82) is 0 Å². The molecule has 3 nitrogen and oxygen atoms in total. The summed E-state index contributed by atoms with van der Waals surface area (Å²) in [5.74, 6) is 0.933. The van der Waals surface area contributed by atoms with Crippen LogP contribution in [-0.4, -0.2) is 26.4 Å². The van der Waals surface area contributed by atoms with Crippen molar-refractivity contribution in [3.8, 4) is 5.75 Å². The molecule has 1 aromatic carbocycles.